The molecule has 268 valence electrons. The molecule has 0 saturated carbocycles. The van der Waals surface area contributed by atoms with Gasteiger partial charge in [-0.3, -0.25) is 4.31 Å². The molecule has 4 heterocycles. The van der Waals surface area contributed by atoms with Crippen LogP contribution < -0.4 is 13.8 Å². The predicted molar refractivity (Wildman–Crippen MR) is 186 cm³/mol. The van der Waals surface area contributed by atoms with Crippen molar-refractivity contribution in [1.82, 2.24) is 15.0 Å². The van der Waals surface area contributed by atoms with Gasteiger partial charge in [0.25, 0.3) is 10.0 Å². The largest absolute Gasteiger partial charge is 0.516 e. The Bertz CT molecular complexity index is 2410. The summed E-state index contributed by atoms with van der Waals surface area (Å²) in [6.07, 6.45) is -1.79. The second-order valence-corrected chi connectivity index (χ2v) is 14.0. The van der Waals surface area contributed by atoms with Crippen molar-refractivity contribution in [3.8, 4) is 11.9 Å². The number of carbonyl (C=O) groups is 2. The first-order chi connectivity index (χ1) is 25.0. The Kier molecular flexibility index (Phi) is 8.96. The second-order valence-electron chi connectivity index (χ2n) is 12.2. The molecule has 52 heavy (non-hydrogen) atoms. The fourth-order valence-electron chi connectivity index (χ4n) is 6.71. The fourth-order valence-corrected chi connectivity index (χ4v) is 8.39. The van der Waals surface area contributed by atoms with E-state index in [0.29, 0.717) is 33.9 Å². The standard InChI is InChI=1S/C37H34N4O10S/c1-20-14-16-23(17-15-20)52(44,45)41-31-13-9-7-11-25(31)27(19-30-35(49-22(3)39-30)51-37(43)47-5)33(41)32-26(24-10-6-8-12-28(24)40-32)18-29-34(48-21(2)38-29)50-36(42)46-4/h6-17,27,33,40H,18-19H2,1-5H3/t27-,33+/m1/s1. The summed E-state index contributed by atoms with van der Waals surface area (Å²) >= 11 is 0. The summed E-state index contributed by atoms with van der Waals surface area (Å²) in [5.41, 5.74) is 4.65. The number of hydrogen-bond acceptors (Lipinski definition) is 12. The molecule has 0 spiro atoms. The van der Waals surface area contributed by atoms with Crippen LogP contribution in [0.1, 0.15) is 57.5 Å². The molecule has 7 rings (SSSR count). The zero-order valence-corrected chi connectivity index (χ0v) is 29.6. The molecule has 3 aromatic carbocycles. The molecule has 1 aliphatic heterocycles. The molecule has 1 N–H and O–H groups in total. The molecule has 3 aromatic heterocycles. The van der Waals surface area contributed by atoms with Gasteiger partial charge in [0.05, 0.1) is 30.8 Å². The van der Waals surface area contributed by atoms with E-state index in [4.69, 9.17) is 27.8 Å². The zero-order valence-electron chi connectivity index (χ0n) is 28.8. The van der Waals surface area contributed by atoms with Crippen molar-refractivity contribution in [2.75, 3.05) is 18.5 Å². The van der Waals surface area contributed by atoms with E-state index in [1.807, 2.05) is 43.3 Å². The molecular formula is C37H34N4O10S. The van der Waals surface area contributed by atoms with Crippen LogP contribution in [0.3, 0.4) is 0 Å². The van der Waals surface area contributed by atoms with E-state index in [2.05, 4.69) is 15.0 Å². The van der Waals surface area contributed by atoms with E-state index in [-0.39, 0.29) is 41.4 Å². The third-order valence-electron chi connectivity index (χ3n) is 8.91. The van der Waals surface area contributed by atoms with Gasteiger partial charge in [0.15, 0.2) is 11.8 Å². The number of carbonyl (C=O) groups excluding carboxylic acids is 2. The zero-order chi connectivity index (χ0) is 36.7. The maximum Gasteiger partial charge on any atom is 0.516 e. The number of H-pyrrole nitrogens is 1. The topological polar surface area (TPSA) is 176 Å². The fraction of sp³-hybridized carbons (Fsp3) is 0.243. The van der Waals surface area contributed by atoms with Crippen molar-refractivity contribution in [3.05, 3.63) is 118 Å². The molecule has 0 fully saturated rings. The molecule has 0 bridgehead atoms. The Hall–Kier alpha value is -6.09. The van der Waals surface area contributed by atoms with Crippen LogP contribution >= 0.6 is 0 Å². The van der Waals surface area contributed by atoms with Gasteiger partial charge in [0, 0.05) is 49.2 Å². The van der Waals surface area contributed by atoms with Gasteiger partial charge < -0.3 is 32.8 Å². The maximum atomic E-state index is 14.9. The number of oxazole rings is 2. The quantitative estimate of drug-likeness (QED) is 0.148. The van der Waals surface area contributed by atoms with Gasteiger partial charge in [-0.1, -0.05) is 54.1 Å². The third-order valence-corrected chi connectivity index (χ3v) is 10.7. The van der Waals surface area contributed by atoms with Crippen molar-refractivity contribution in [2.45, 2.75) is 50.5 Å². The van der Waals surface area contributed by atoms with Crippen molar-refractivity contribution in [2.24, 2.45) is 0 Å². The number of fused-ring (bicyclic) bond motifs is 2. The smallest absolute Gasteiger partial charge is 0.437 e. The van der Waals surface area contributed by atoms with Crippen LogP contribution in [-0.2, 0) is 32.3 Å². The number of hydrogen-bond donors (Lipinski definition) is 1. The number of aromatic nitrogens is 3. The lowest BCUT2D eigenvalue weighted by Crippen LogP contribution is -2.34. The van der Waals surface area contributed by atoms with E-state index in [9.17, 15) is 18.0 Å². The van der Waals surface area contributed by atoms with Gasteiger partial charge in [-0.15, -0.1) is 0 Å². The molecule has 0 saturated heterocycles. The van der Waals surface area contributed by atoms with Crippen LogP contribution in [0.25, 0.3) is 10.9 Å². The van der Waals surface area contributed by atoms with Gasteiger partial charge in [0.2, 0.25) is 0 Å². The SMILES string of the molecule is COC(=O)Oc1oc(C)nc1Cc1c([C@@H]2[C@H](Cc3nc(C)oc3OC(=O)OC)c3ccccc3N2S(=O)(=O)c2ccc(C)cc2)[nH]c2ccccc12. The van der Waals surface area contributed by atoms with E-state index in [1.165, 1.54) is 18.5 Å². The minimum absolute atomic E-state index is 0.0841. The number of para-hydroxylation sites is 2. The Balaban J connectivity index is 1.46. The van der Waals surface area contributed by atoms with Gasteiger partial charge >= 0.3 is 24.2 Å². The number of ether oxygens (including phenoxy) is 4. The number of rotatable bonds is 9. The van der Waals surface area contributed by atoms with Crippen molar-refractivity contribution in [3.63, 3.8) is 0 Å². The number of nitrogens with one attached hydrogen (secondary N) is 1. The molecule has 0 radical (unpaired) electrons. The number of aryl methyl sites for hydroxylation is 3. The number of sulfonamides is 1. The summed E-state index contributed by atoms with van der Waals surface area (Å²) < 4.78 is 62.7. The first-order valence-electron chi connectivity index (χ1n) is 16.2. The second kappa shape index (κ2) is 13.6. The lowest BCUT2D eigenvalue weighted by molar-refractivity contribution is 0.109. The predicted octanol–water partition coefficient (Wildman–Crippen LogP) is 7.23. The summed E-state index contributed by atoms with van der Waals surface area (Å²) in [5.74, 6) is -0.396. The van der Waals surface area contributed by atoms with Gasteiger partial charge in [0.1, 0.15) is 11.4 Å². The molecule has 0 unspecified atom stereocenters. The lowest BCUT2D eigenvalue weighted by Gasteiger charge is -2.30. The minimum Gasteiger partial charge on any atom is -0.437 e. The highest BCUT2D eigenvalue weighted by Gasteiger charge is 2.48. The van der Waals surface area contributed by atoms with E-state index in [0.717, 1.165) is 16.5 Å². The number of methoxy groups -OCH3 is 2. The Labute approximate surface area is 298 Å². The van der Waals surface area contributed by atoms with Gasteiger partial charge in [-0.05, 0) is 42.3 Å². The summed E-state index contributed by atoms with van der Waals surface area (Å²) in [7, 11) is -1.86. The van der Waals surface area contributed by atoms with E-state index >= 15 is 0 Å². The Morgan fingerprint density at radius 1 is 0.808 bits per heavy atom. The highest BCUT2D eigenvalue weighted by Crippen LogP contribution is 2.54. The van der Waals surface area contributed by atoms with Crippen LogP contribution in [-0.4, -0.2) is 49.9 Å². The molecule has 1 aliphatic rings. The number of anilines is 1. The number of benzene rings is 3. The summed E-state index contributed by atoms with van der Waals surface area (Å²) in [6.45, 7) is 5.12. The minimum atomic E-state index is -4.23. The molecular weight excluding hydrogens is 692 g/mol. The van der Waals surface area contributed by atoms with Crippen LogP contribution in [0.15, 0.2) is 86.5 Å². The van der Waals surface area contributed by atoms with E-state index in [1.54, 1.807) is 50.2 Å². The van der Waals surface area contributed by atoms with Crippen molar-refractivity contribution in [1.29, 1.82) is 0 Å². The molecule has 0 aliphatic carbocycles. The molecule has 15 heteroatoms. The molecule has 0 amide bonds. The summed E-state index contributed by atoms with van der Waals surface area (Å²) in [4.78, 5) is 37.0. The van der Waals surface area contributed by atoms with Gasteiger partial charge in [-0.2, -0.15) is 0 Å². The highest BCUT2D eigenvalue weighted by atomic mass is 32.2. The normalized spacial score (nSPS) is 15.4. The highest BCUT2D eigenvalue weighted by molar-refractivity contribution is 7.92. The summed E-state index contributed by atoms with van der Waals surface area (Å²) in [5, 5.41) is 0.788. The number of nitrogens with zero attached hydrogens (tertiary/aromatic N) is 3. The maximum absolute atomic E-state index is 14.9. The lowest BCUT2D eigenvalue weighted by atomic mass is 9.87. The van der Waals surface area contributed by atoms with Crippen LogP contribution in [0.2, 0.25) is 0 Å². The van der Waals surface area contributed by atoms with Crippen molar-refractivity contribution < 1.29 is 45.8 Å². The first kappa shape index (κ1) is 34.4. The van der Waals surface area contributed by atoms with Crippen LogP contribution in [0.5, 0.6) is 11.9 Å². The Morgan fingerprint density at radius 2 is 1.40 bits per heavy atom. The van der Waals surface area contributed by atoms with E-state index < -0.39 is 34.3 Å². The number of aromatic amines is 1. The van der Waals surface area contributed by atoms with Crippen molar-refractivity contribution >= 4 is 38.9 Å². The third kappa shape index (κ3) is 6.23. The molecule has 14 nitrogen and oxygen atoms in total. The first-order valence-corrected chi connectivity index (χ1v) is 17.7. The average molecular weight is 727 g/mol. The van der Waals surface area contributed by atoms with Crippen LogP contribution in [0, 0.1) is 20.8 Å². The van der Waals surface area contributed by atoms with Gasteiger partial charge in [-0.25, -0.2) is 28.0 Å². The average Bonchev–Trinajstić information content (AvgIpc) is 3.86. The Morgan fingerprint density at radius 3 is 2.08 bits per heavy atom. The monoisotopic (exact) mass is 726 g/mol. The van der Waals surface area contributed by atoms with Crippen LogP contribution in [0.4, 0.5) is 15.3 Å². The molecule has 2 atom stereocenters. The molecule has 6 aromatic rings. The summed E-state index contributed by atoms with van der Waals surface area (Å²) in [6, 6.07) is 20.6.